The molecule has 0 aliphatic heterocycles. The molecule has 0 spiro atoms. The van der Waals surface area contributed by atoms with E-state index in [9.17, 15) is 13.6 Å². The molecule has 0 atom stereocenters. The monoisotopic (exact) mass is 399 g/mol. The first-order valence-electron chi connectivity index (χ1n) is 8.44. The van der Waals surface area contributed by atoms with Gasteiger partial charge in [-0.25, -0.2) is 13.8 Å². The Hall–Kier alpha value is -3.13. The van der Waals surface area contributed by atoms with E-state index in [-0.39, 0.29) is 17.0 Å². The van der Waals surface area contributed by atoms with Crippen molar-refractivity contribution in [1.82, 2.24) is 10.1 Å². The molecule has 8 heteroatoms. The Bertz CT molecular complexity index is 1230. The number of pyridine rings is 1. The van der Waals surface area contributed by atoms with E-state index in [1.807, 2.05) is 19.9 Å². The van der Waals surface area contributed by atoms with Crippen molar-refractivity contribution in [3.63, 3.8) is 0 Å². The highest BCUT2D eigenvalue weighted by Crippen LogP contribution is 2.33. The van der Waals surface area contributed by atoms with Crippen molar-refractivity contribution in [1.29, 1.82) is 0 Å². The van der Waals surface area contributed by atoms with Gasteiger partial charge in [0.1, 0.15) is 11.6 Å². The third kappa shape index (κ3) is 3.16. The Kier molecular flexibility index (Phi) is 4.43. The molecule has 3 heterocycles. The van der Waals surface area contributed by atoms with Gasteiger partial charge in [0.15, 0.2) is 0 Å². The topological polar surface area (TPSA) is 68.0 Å². The molecule has 1 aromatic carbocycles. The highest BCUT2D eigenvalue weighted by Gasteiger charge is 2.21. The van der Waals surface area contributed by atoms with Crippen molar-refractivity contribution in [2.75, 3.05) is 5.32 Å². The van der Waals surface area contributed by atoms with E-state index in [1.165, 1.54) is 6.07 Å². The smallest absolute Gasteiger partial charge is 0.259 e. The first-order valence-corrected chi connectivity index (χ1v) is 9.26. The number of hydrogen-bond acceptors (Lipinski definition) is 5. The second-order valence-electron chi connectivity index (χ2n) is 6.41. The molecule has 28 heavy (non-hydrogen) atoms. The number of amides is 1. The van der Waals surface area contributed by atoms with Crippen LogP contribution in [-0.4, -0.2) is 16.0 Å². The predicted octanol–water partition coefficient (Wildman–Crippen LogP) is 5.41. The van der Waals surface area contributed by atoms with Crippen LogP contribution in [0.4, 0.5) is 14.5 Å². The Morgan fingerprint density at radius 3 is 2.61 bits per heavy atom. The molecule has 3 aromatic heterocycles. The number of aryl methyl sites for hydroxylation is 3. The van der Waals surface area contributed by atoms with Crippen molar-refractivity contribution in [3.8, 4) is 11.3 Å². The quantitative estimate of drug-likeness (QED) is 0.500. The van der Waals surface area contributed by atoms with Crippen molar-refractivity contribution < 1.29 is 18.1 Å². The first kappa shape index (κ1) is 18.2. The summed E-state index contributed by atoms with van der Waals surface area (Å²) < 4.78 is 32.4. The minimum Gasteiger partial charge on any atom is -0.335 e. The van der Waals surface area contributed by atoms with Gasteiger partial charge in [0, 0.05) is 21.4 Å². The maximum Gasteiger partial charge on any atom is 0.259 e. The number of fused-ring (bicyclic) bond motifs is 1. The summed E-state index contributed by atoms with van der Waals surface area (Å²) in [4.78, 5) is 19.6. The molecule has 5 nitrogen and oxygen atoms in total. The fourth-order valence-electron chi connectivity index (χ4n) is 3.08. The summed E-state index contributed by atoms with van der Waals surface area (Å²) in [5, 5.41) is 6.84. The van der Waals surface area contributed by atoms with Crippen molar-refractivity contribution >= 4 is 34.0 Å². The van der Waals surface area contributed by atoms with Crippen molar-refractivity contribution in [2.24, 2.45) is 0 Å². The average Bonchev–Trinajstić information content (AvgIpc) is 3.18. The maximum atomic E-state index is 14.0. The normalized spacial score (nSPS) is 11.2. The lowest BCUT2D eigenvalue weighted by molar-refractivity contribution is 0.102. The van der Waals surface area contributed by atoms with Crippen LogP contribution >= 0.6 is 11.3 Å². The lowest BCUT2D eigenvalue weighted by Gasteiger charge is -2.09. The molecular weight excluding hydrogens is 384 g/mol. The lowest BCUT2D eigenvalue weighted by Crippen LogP contribution is -2.14. The van der Waals surface area contributed by atoms with E-state index in [0.29, 0.717) is 22.8 Å². The maximum absolute atomic E-state index is 14.0. The summed E-state index contributed by atoms with van der Waals surface area (Å²) in [5.74, 6) is -2.14. The van der Waals surface area contributed by atoms with Gasteiger partial charge in [-0.1, -0.05) is 5.16 Å². The van der Waals surface area contributed by atoms with E-state index < -0.39 is 17.5 Å². The molecule has 4 rings (SSSR count). The molecule has 0 aliphatic rings. The molecule has 0 radical (unpaired) electrons. The molecule has 4 aromatic rings. The number of nitrogens with zero attached hydrogens (tertiary/aromatic N) is 2. The number of carbonyl (C=O) groups excluding carboxylic acids is 1. The van der Waals surface area contributed by atoms with Gasteiger partial charge >= 0.3 is 0 Å². The van der Waals surface area contributed by atoms with Crippen LogP contribution in [0.25, 0.3) is 22.4 Å². The van der Waals surface area contributed by atoms with Crippen molar-refractivity contribution in [3.05, 3.63) is 63.0 Å². The Morgan fingerprint density at radius 1 is 1.14 bits per heavy atom. The Morgan fingerprint density at radius 2 is 1.93 bits per heavy atom. The van der Waals surface area contributed by atoms with E-state index in [2.05, 4.69) is 15.5 Å². The Balaban J connectivity index is 1.83. The van der Waals surface area contributed by atoms with E-state index in [1.54, 1.807) is 24.3 Å². The zero-order chi connectivity index (χ0) is 20.0. The van der Waals surface area contributed by atoms with Crippen LogP contribution in [0.3, 0.4) is 0 Å². The predicted molar refractivity (Wildman–Crippen MR) is 104 cm³/mol. The molecule has 1 N–H and O–H groups in total. The fraction of sp³-hybridized carbons (Fsp3) is 0.150. The molecule has 0 bridgehead atoms. The first-order chi connectivity index (χ1) is 13.3. The third-order valence-corrected chi connectivity index (χ3v) is 5.32. The van der Waals surface area contributed by atoms with Gasteiger partial charge in [-0.05, 0) is 45.0 Å². The minimum absolute atomic E-state index is 0.116. The number of thiophene rings is 1. The van der Waals surface area contributed by atoms with Crippen LogP contribution in [0.5, 0.6) is 0 Å². The van der Waals surface area contributed by atoms with Crippen LogP contribution in [0.2, 0.25) is 0 Å². The molecule has 0 aliphatic carbocycles. The zero-order valence-electron chi connectivity index (χ0n) is 15.3. The molecule has 0 saturated carbocycles. The standard InChI is InChI=1S/C20H15F2N3O2S/c1-9-6-13(11(3)28-9)17-8-14(18-10(2)25-27-20(18)24-17)19(26)23-16-5-4-12(21)7-15(16)22/h4-8H,1-3H3,(H,23,26). The fourth-order valence-corrected chi connectivity index (χ4v) is 4.01. The van der Waals surface area contributed by atoms with Gasteiger partial charge in [0.2, 0.25) is 0 Å². The second-order valence-corrected chi connectivity index (χ2v) is 7.87. The van der Waals surface area contributed by atoms with Gasteiger partial charge in [-0.2, -0.15) is 0 Å². The lowest BCUT2D eigenvalue weighted by atomic mass is 10.1. The zero-order valence-corrected chi connectivity index (χ0v) is 16.1. The average molecular weight is 399 g/mol. The summed E-state index contributed by atoms with van der Waals surface area (Å²) in [7, 11) is 0. The molecule has 0 saturated heterocycles. The summed E-state index contributed by atoms with van der Waals surface area (Å²) in [6.07, 6.45) is 0. The number of benzene rings is 1. The minimum atomic E-state index is -0.856. The summed E-state index contributed by atoms with van der Waals surface area (Å²) >= 11 is 1.62. The molecule has 142 valence electrons. The molecule has 0 fully saturated rings. The highest BCUT2D eigenvalue weighted by molar-refractivity contribution is 7.12. The Labute approximate surface area is 163 Å². The van der Waals surface area contributed by atoms with Crippen molar-refractivity contribution in [2.45, 2.75) is 20.8 Å². The summed E-state index contributed by atoms with van der Waals surface area (Å²) in [6, 6.07) is 6.59. The number of rotatable bonds is 3. The van der Waals surface area contributed by atoms with Crippen LogP contribution in [-0.2, 0) is 0 Å². The second kappa shape index (κ2) is 6.79. The molecular formula is C20H15F2N3O2S. The number of anilines is 1. The number of nitrogens with one attached hydrogen (secondary N) is 1. The van der Waals surface area contributed by atoms with Crippen LogP contribution in [0, 0.1) is 32.4 Å². The SMILES string of the molecule is Cc1cc(-c2cc(C(=O)Nc3ccc(F)cc3F)c3c(C)noc3n2)c(C)s1. The van der Waals surface area contributed by atoms with Gasteiger partial charge in [0.05, 0.1) is 28.0 Å². The summed E-state index contributed by atoms with van der Waals surface area (Å²) in [6.45, 7) is 5.66. The number of hydrogen-bond donors (Lipinski definition) is 1. The van der Waals surface area contributed by atoms with Crippen LogP contribution in [0.15, 0.2) is 34.9 Å². The van der Waals surface area contributed by atoms with Gasteiger partial charge in [0.25, 0.3) is 11.6 Å². The number of halogens is 2. The highest BCUT2D eigenvalue weighted by atomic mass is 32.1. The van der Waals surface area contributed by atoms with Crippen LogP contribution < -0.4 is 5.32 Å². The number of aromatic nitrogens is 2. The van der Waals surface area contributed by atoms with Gasteiger partial charge in [-0.15, -0.1) is 11.3 Å². The molecule has 0 unspecified atom stereocenters. The largest absolute Gasteiger partial charge is 0.335 e. The molecule has 1 amide bonds. The van der Waals surface area contributed by atoms with E-state index in [4.69, 9.17) is 4.52 Å². The van der Waals surface area contributed by atoms with E-state index in [0.717, 1.165) is 21.4 Å². The summed E-state index contributed by atoms with van der Waals surface area (Å²) in [5.41, 5.74) is 2.32. The van der Waals surface area contributed by atoms with Gasteiger partial charge < -0.3 is 9.84 Å². The van der Waals surface area contributed by atoms with Crippen LogP contribution in [0.1, 0.15) is 25.8 Å². The van der Waals surface area contributed by atoms with E-state index >= 15 is 0 Å². The third-order valence-electron chi connectivity index (χ3n) is 4.36. The number of carbonyl (C=O) groups is 1. The van der Waals surface area contributed by atoms with Gasteiger partial charge in [-0.3, -0.25) is 4.79 Å².